The lowest BCUT2D eigenvalue weighted by atomic mass is 10.1. The molecule has 1 atom stereocenters. The second-order valence-electron chi connectivity index (χ2n) is 6.25. The molecule has 1 unspecified atom stereocenters. The number of aromatic nitrogens is 2. The molecule has 2 aromatic carbocycles. The Morgan fingerprint density at radius 3 is 2.48 bits per heavy atom. The van der Waals surface area contributed by atoms with Crippen molar-refractivity contribution in [1.82, 2.24) is 9.78 Å². The number of hydrogen-bond donors (Lipinski definition) is 1. The van der Waals surface area contributed by atoms with Crippen LogP contribution in [-0.2, 0) is 4.79 Å². The quantitative estimate of drug-likeness (QED) is 0.685. The van der Waals surface area contributed by atoms with Crippen LogP contribution in [0.1, 0.15) is 19.9 Å². The minimum Gasteiger partial charge on any atom is -0.494 e. The highest BCUT2D eigenvalue weighted by atomic mass is 19.2. The van der Waals surface area contributed by atoms with E-state index in [9.17, 15) is 18.4 Å². The number of anilines is 1. The van der Waals surface area contributed by atoms with E-state index in [4.69, 9.17) is 4.74 Å². The Morgan fingerprint density at radius 1 is 1.10 bits per heavy atom. The number of halogens is 2. The Balaban J connectivity index is 1.83. The van der Waals surface area contributed by atoms with E-state index >= 15 is 0 Å². The van der Waals surface area contributed by atoms with Gasteiger partial charge in [0, 0.05) is 23.4 Å². The Kier molecular flexibility index (Phi) is 6.01. The van der Waals surface area contributed by atoms with Gasteiger partial charge in [0.15, 0.2) is 11.6 Å². The number of carbonyl (C=O) groups is 1. The second-order valence-corrected chi connectivity index (χ2v) is 6.25. The summed E-state index contributed by atoms with van der Waals surface area (Å²) in [5.74, 6) is -1.97. The number of hydrogen-bond acceptors (Lipinski definition) is 4. The first-order valence-corrected chi connectivity index (χ1v) is 8.98. The van der Waals surface area contributed by atoms with Gasteiger partial charge in [-0.3, -0.25) is 9.59 Å². The minimum absolute atomic E-state index is 0.0801. The first kappa shape index (κ1) is 20.2. The average molecular weight is 399 g/mol. The summed E-state index contributed by atoms with van der Waals surface area (Å²) in [6.45, 7) is 3.93. The van der Waals surface area contributed by atoms with Crippen molar-refractivity contribution in [2.45, 2.75) is 19.9 Å². The summed E-state index contributed by atoms with van der Waals surface area (Å²) >= 11 is 0. The Morgan fingerprint density at radius 2 is 1.83 bits per heavy atom. The normalized spacial score (nSPS) is 11.7. The zero-order valence-corrected chi connectivity index (χ0v) is 15.9. The van der Waals surface area contributed by atoms with Gasteiger partial charge in [0.2, 0.25) is 5.91 Å². The number of ether oxygens (including phenoxy) is 1. The van der Waals surface area contributed by atoms with Gasteiger partial charge in [-0.1, -0.05) is 0 Å². The van der Waals surface area contributed by atoms with Crippen molar-refractivity contribution in [2.75, 3.05) is 11.9 Å². The van der Waals surface area contributed by atoms with Crippen LogP contribution in [0.5, 0.6) is 5.75 Å². The molecule has 3 rings (SSSR count). The van der Waals surface area contributed by atoms with Crippen LogP contribution in [0.15, 0.2) is 59.4 Å². The summed E-state index contributed by atoms with van der Waals surface area (Å²) in [4.78, 5) is 24.7. The molecule has 0 radical (unpaired) electrons. The van der Waals surface area contributed by atoms with Crippen molar-refractivity contribution >= 4 is 11.6 Å². The van der Waals surface area contributed by atoms with Crippen LogP contribution >= 0.6 is 0 Å². The molecule has 1 N–H and O–H groups in total. The topological polar surface area (TPSA) is 73.2 Å². The molecule has 1 amide bonds. The van der Waals surface area contributed by atoms with Crippen LogP contribution in [0.4, 0.5) is 14.5 Å². The monoisotopic (exact) mass is 399 g/mol. The van der Waals surface area contributed by atoms with E-state index in [1.165, 1.54) is 19.1 Å². The van der Waals surface area contributed by atoms with E-state index in [0.29, 0.717) is 18.1 Å². The molecule has 0 aliphatic heterocycles. The van der Waals surface area contributed by atoms with E-state index in [1.54, 1.807) is 30.3 Å². The highest BCUT2D eigenvalue weighted by Crippen LogP contribution is 2.21. The van der Waals surface area contributed by atoms with Crippen molar-refractivity contribution < 1.29 is 18.3 Å². The fraction of sp³-hybridized carbons (Fsp3) is 0.190. The maximum absolute atomic E-state index is 13.3. The third-order valence-corrected chi connectivity index (χ3v) is 4.22. The van der Waals surface area contributed by atoms with E-state index in [-0.39, 0.29) is 5.69 Å². The van der Waals surface area contributed by atoms with Gasteiger partial charge < -0.3 is 10.1 Å². The SMILES string of the molecule is CCOc1ccc(-c2ccc(=O)n(C(C)C(=O)Nc3ccc(F)c(F)c3)n2)cc1. The van der Waals surface area contributed by atoms with Gasteiger partial charge in [0.05, 0.1) is 12.3 Å². The maximum atomic E-state index is 13.3. The van der Waals surface area contributed by atoms with E-state index in [1.807, 2.05) is 6.92 Å². The molecule has 6 nitrogen and oxygen atoms in total. The number of nitrogens with zero attached hydrogens (tertiary/aromatic N) is 2. The summed E-state index contributed by atoms with van der Waals surface area (Å²) in [6, 6.07) is 12.1. The zero-order valence-electron chi connectivity index (χ0n) is 15.9. The fourth-order valence-corrected chi connectivity index (χ4v) is 2.68. The highest BCUT2D eigenvalue weighted by Gasteiger charge is 2.19. The zero-order chi connectivity index (χ0) is 21.0. The molecule has 0 spiro atoms. The molecule has 150 valence electrons. The predicted molar refractivity (Wildman–Crippen MR) is 105 cm³/mol. The van der Waals surface area contributed by atoms with Gasteiger partial charge in [0.25, 0.3) is 5.56 Å². The van der Waals surface area contributed by atoms with Crippen molar-refractivity contribution in [1.29, 1.82) is 0 Å². The molecular weight excluding hydrogens is 380 g/mol. The lowest BCUT2D eigenvalue weighted by Gasteiger charge is -2.15. The Labute approximate surface area is 165 Å². The van der Waals surface area contributed by atoms with Gasteiger partial charge in [-0.05, 0) is 56.3 Å². The van der Waals surface area contributed by atoms with E-state index in [0.717, 1.165) is 22.4 Å². The molecule has 3 aromatic rings. The Bertz CT molecular complexity index is 1080. The summed E-state index contributed by atoms with van der Waals surface area (Å²) in [5, 5.41) is 6.74. The maximum Gasteiger partial charge on any atom is 0.267 e. The van der Waals surface area contributed by atoms with Gasteiger partial charge in [-0.2, -0.15) is 5.10 Å². The lowest BCUT2D eigenvalue weighted by Crippen LogP contribution is -2.33. The Hall–Kier alpha value is -3.55. The van der Waals surface area contributed by atoms with E-state index < -0.39 is 29.1 Å². The van der Waals surface area contributed by atoms with Gasteiger partial charge in [0.1, 0.15) is 11.8 Å². The number of nitrogens with one attached hydrogen (secondary N) is 1. The first-order valence-electron chi connectivity index (χ1n) is 8.98. The average Bonchev–Trinajstić information content (AvgIpc) is 2.71. The van der Waals surface area contributed by atoms with E-state index in [2.05, 4.69) is 10.4 Å². The van der Waals surface area contributed by atoms with Crippen molar-refractivity contribution in [3.63, 3.8) is 0 Å². The van der Waals surface area contributed by atoms with Crippen molar-refractivity contribution in [2.24, 2.45) is 0 Å². The largest absolute Gasteiger partial charge is 0.494 e. The number of benzene rings is 2. The van der Waals surface area contributed by atoms with Crippen molar-refractivity contribution in [3.8, 4) is 17.0 Å². The van der Waals surface area contributed by atoms with Crippen LogP contribution in [-0.4, -0.2) is 22.3 Å². The first-order chi connectivity index (χ1) is 13.9. The fourth-order valence-electron chi connectivity index (χ4n) is 2.68. The summed E-state index contributed by atoms with van der Waals surface area (Å²) in [5.41, 5.74) is 0.861. The molecule has 0 saturated heterocycles. The smallest absolute Gasteiger partial charge is 0.267 e. The molecule has 1 heterocycles. The molecule has 1 aromatic heterocycles. The van der Waals surface area contributed by atoms with Gasteiger partial charge >= 0.3 is 0 Å². The third kappa shape index (κ3) is 4.66. The molecule has 0 saturated carbocycles. The molecule has 0 fully saturated rings. The number of rotatable bonds is 6. The van der Waals surface area contributed by atoms with Gasteiger partial charge in [-0.15, -0.1) is 0 Å². The summed E-state index contributed by atoms with van der Waals surface area (Å²) < 4.78 is 32.8. The van der Waals surface area contributed by atoms with Crippen LogP contribution in [0.25, 0.3) is 11.3 Å². The molecule has 8 heteroatoms. The predicted octanol–water partition coefficient (Wildman–Crippen LogP) is 3.79. The standard InChI is InChI=1S/C21H19F2N3O3/c1-3-29-16-7-4-14(5-8-16)19-10-11-20(27)26(25-19)13(2)21(28)24-15-6-9-17(22)18(23)12-15/h4-13H,3H2,1-2H3,(H,24,28). The van der Waals surface area contributed by atoms with Gasteiger partial charge in [-0.25, -0.2) is 13.5 Å². The third-order valence-electron chi connectivity index (χ3n) is 4.22. The summed E-state index contributed by atoms with van der Waals surface area (Å²) in [7, 11) is 0. The van der Waals surface area contributed by atoms with Crippen LogP contribution in [0, 0.1) is 11.6 Å². The number of carbonyl (C=O) groups excluding carboxylic acids is 1. The van der Waals surface area contributed by atoms with Crippen LogP contribution in [0.3, 0.4) is 0 Å². The molecule has 0 aliphatic rings. The lowest BCUT2D eigenvalue weighted by molar-refractivity contribution is -0.119. The molecule has 0 bridgehead atoms. The summed E-state index contributed by atoms with van der Waals surface area (Å²) in [6.07, 6.45) is 0. The van der Waals surface area contributed by atoms with Crippen molar-refractivity contribution in [3.05, 3.63) is 76.6 Å². The molecule has 0 aliphatic carbocycles. The highest BCUT2D eigenvalue weighted by molar-refractivity contribution is 5.93. The second kappa shape index (κ2) is 8.64. The molecular formula is C21H19F2N3O3. The van der Waals surface area contributed by atoms with Crippen LogP contribution in [0.2, 0.25) is 0 Å². The number of amides is 1. The van der Waals surface area contributed by atoms with Crippen LogP contribution < -0.4 is 15.6 Å². The molecule has 29 heavy (non-hydrogen) atoms. The minimum atomic E-state index is -1.08.